The molecule has 0 bridgehead atoms. The first-order valence-corrected chi connectivity index (χ1v) is 9.72. The Morgan fingerprint density at radius 3 is 2.58 bits per heavy atom. The number of aryl methyl sites for hydroxylation is 1. The lowest BCUT2D eigenvalue weighted by molar-refractivity contribution is -0.136. The largest absolute Gasteiger partial charge is 0.497 e. The molecule has 7 nitrogen and oxygen atoms in total. The SMILES string of the molecule is COc1ccc(/C=C/C(=O)OCC(=O)c2cc(C)n(Cc3ccco3)c2C)c(OC)c1. The van der Waals surface area contributed by atoms with Crippen LogP contribution in [0.1, 0.15) is 33.1 Å². The van der Waals surface area contributed by atoms with E-state index in [2.05, 4.69) is 0 Å². The zero-order valence-electron chi connectivity index (χ0n) is 18.0. The van der Waals surface area contributed by atoms with Crippen molar-refractivity contribution in [2.24, 2.45) is 0 Å². The van der Waals surface area contributed by atoms with Crippen LogP contribution in [0.5, 0.6) is 11.5 Å². The van der Waals surface area contributed by atoms with Crippen LogP contribution in [0.2, 0.25) is 0 Å². The fourth-order valence-corrected chi connectivity index (χ4v) is 3.26. The van der Waals surface area contributed by atoms with Gasteiger partial charge in [0.25, 0.3) is 0 Å². The molecule has 7 heteroatoms. The number of ketones is 1. The van der Waals surface area contributed by atoms with E-state index < -0.39 is 5.97 Å². The van der Waals surface area contributed by atoms with Crippen LogP contribution < -0.4 is 9.47 Å². The summed E-state index contributed by atoms with van der Waals surface area (Å²) in [6.45, 7) is 3.97. The van der Waals surface area contributed by atoms with E-state index >= 15 is 0 Å². The monoisotopic (exact) mass is 423 g/mol. The number of aromatic nitrogens is 1. The number of hydrogen-bond acceptors (Lipinski definition) is 6. The Hall–Kier alpha value is -3.74. The molecule has 0 fully saturated rings. The highest BCUT2D eigenvalue weighted by atomic mass is 16.5. The van der Waals surface area contributed by atoms with E-state index in [9.17, 15) is 9.59 Å². The van der Waals surface area contributed by atoms with Gasteiger partial charge in [-0.25, -0.2) is 4.79 Å². The molecule has 0 unspecified atom stereocenters. The van der Waals surface area contributed by atoms with Gasteiger partial charge in [-0.15, -0.1) is 0 Å². The fourth-order valence-electron chi connectivity index (χ4n) is 3.26. The summed E-state index contributed by atoms with van der Waals surface area (Å²) in [6, 6.07) is 10.7. The van der Waals surface area contributed by atoms with Gasteiger partial charge in [-0.05, 0) is 50.3 Å². The van der Waals surface area contributed by atoms with Crippen molar-refractivity contribution in [2.45, 2.75) is 20.4 Å². The number of hydrogen-bond donors (Lipinski definition) is 0. The molecule has 0 aliphatic heterocycles. The predicted molar refractivity (Wildman–Crippen MR) is 116 cm³/mol. The van der Waals surface area contributed by atoms with Gasteiger partial charge < -0.3 is 23.2 Å². The number of Topliss-reactive ketones (excluding diaryl/α,β-unsaturated/α-hetero) is 1. The van der Waals surface area contributed by atoms with E-state index in [0.717, 1.165) is 17.1 Å². The molecule has 0 aliphatic carbocycles. The summed E-state index contributed by atoms with van der Waals surface area (Å²) < 4.78 is 23.0. The lowest BCUT2D eigenvalue weighted by atomic mass is 10.1. The molecule has 0 atom stereocenters. The zero-order valence-corrected chi connectivity index (χ0v) is 18.0. The minimum Gasteiger partial charge on any atom is -0.497 e. The van der Waals surface area contributed by atoms with Crippen LogP contribution in [-0.2, 0) is 16.1 Å². The number of rotatable bonds is 9. The molecule has 1 aromatic carbocycles. The third-order valence-electron chi connectivity index (χ3n) is 4.95. The first-order chi connectivity index (χ1) is 14.9. The first kappa shape index (κ1) is 22.0. The van der Waals surface area contributed by atoms with Gasteiger partial charge in [-0.1, -0.05) is 0 Å². The minimum absolute atomic E-state index is 0.262. The lowest BCUT2D eigenvalue weighted by Gasteiger charge is -2.08. The van der Waals surface area contributed by atoms with Crippen molar-refractivity contribution in [2.75, 3.05) is 20.8 Å². The van der Waals surface area contributed by atoms with Crippen LogP contribution in [0.25, 0.3) is 6.08 Å². The quantitative estimate of drug-likeness (QED) is 0.292. The molecule has 0 amide bonds. The maximum atomic E-state index is 12.6. The first-order valence-electron chi connectivity index (χ1n) is 9.72. The number of benzene rings is 1. The Labute approximate surface area is 180 Å². The average Bonchev–Trinajstić information content (AvgIpc) is 3.39. The minimum atomic E-state index is -0.615. The van der Waals surface area contributed by atoms with Crippen LogP contribution in [0.4, 0.5) is 0 Å². The van der Waals surface area contributed by atoms with Gasteiger partial charge in [-0.3, -0.25) is 4.79 Å². The molecule has 162 valence electrons. The van der Waals surface area contributed by atoms with Gasteiger partial charge in [0.2, 0.25) is 5.78 Å². The Bertz CT molecular complexity index is 1090. The molecule has 3 aromatic rings. The van der Waals surface area contributed by atoms with Gasteiger partial charge >= 0.3 is 5.97 Å². The van der Waals surface area contributed by atoms with Crippen LogP contribution in [0.15, 0.2) is 53.2 Å². The molecule has 0 radical (unpaired) electrons. The highest BCUT2D eigenvalue weighted by Crippen LogP contribution is 2.25. The van der Waals surface area contributed by atoms with Crippen LogP contribution in [0, 0.1) is 13.8 Å². The topological polar surface area (TPSA) is 79.9 Å². The van der Waals surface area contributed by atoms with Crippen LogP contribution in [0.3, 0.4) is 0 Å². The van der Waals surface area contributed by atoms with E-state index in [1.807, 2.05) is 30.5 Å². The predicted octanol–water partition coefficient (Wildman–Crippen LogP) is 4.20. The Balaban J connectivity index is 1.62. The summed E-state index contributed by atoms with van der Waals surface area (Å²) in [4.78, 5) is 24.7. The lowest BCUT2D eigenvalue weighted by Crippen LogP contribution is -2.13. The van der Waals surface area contributed by atoms with Crippen molar-refractivity contribution >= 4 is 17.8 Å². The maximum absolute atomic E-state index is 12.6. The molecular formula is C24H25NO6. The second kappa shape index (κ2) is 9.84. The number of ether oxygens (including phenoxy) is 3. The van der Waals surface area contributed by atoms with E-state index in [-0.39, 0.29) is 12.4 Å². The second-order valence-corrected chi connectivity index (χ2v) is 6.92. The van der Waals surface area contributed by atoms with Crippen molar-refractivity contribution in [3.05, 3.63) is 77.0 Å². The second-order valence-electron chi connectivity index (χ2n) is 6.92. The van der Waals surface area contributed by atoms with Crippen molar-refractivity contribution in [3.8, 4) is 11.5 Å². The smallest absolute Gasteiger partial charge is 0.331 e. The van der Waals surface area contributed by atoms with Crippen LogP contribution >= 0.6 is 0 Å². The maximum Gasteiger partial charge on any atom is 0.331 e. The third-order valence-corrected chi connectivity index (χ3v) is 4.95. The summed E-state index contributed by atoms with van der Waals surface area (Å²) in [5.41, 5.74) is 2.94. The molecule has 0 spiro atoms. The molecule has 0 saturated carbocycles. The number of carbonyl (C=O) groups excluding carboxylic acids is 2. The van der Waals surface area contributed by atoms with Gasteiger partial charge in [0.05, 0.1) is 27.0 Å². The number of carbonyl (C=O) groups is 2. The van der Waals surface area contributed by atoms with E-state index in [1.54, 1.807) is 43.7 Å². The zero-order chi connectivity index (χ0) is 22.4. The van der Waals surface area contributed by atoms with Crippen molar-refractivity contribution in [1.29, 1.82) is 0 Å². The molecule has 31 heavy (non-hydrogen) atoms. The summed E-state index contributed by atoms with van der Waals surface area (Å²) in [6.07, 6.45) is 4.45. The Morgan fingerprint density at radius 1 is 1.10 bits per heavy atom. The summed E-state index contributed by atoms with van der Waals surface area (Å²) in [7, 11) is 3.10. The van der Waals surface area contributed by atoms with Crippen molar-refractivity contribution < 1.29 is 28.2 Å². The average molecular weight is 423 g/mol. The van der Waals surface area contributed by atoms with E-state index in [1.165, 1.54) is 13.2 Å². The van der Waals surface area contributed by atoms with Gasteiger partial charge in [0, 0.05) is 34.7 Å². The number of methoxy groups -OCH3 is 2. The highest BCUT2D eigenvalue weighted by Gasteiger charge is 2.17. The molecule has 2 heterocycles. The van der Waals surface area contributed by atoms with Gasteiger partial charge in [-0.2, -0.15) is 0 Å². The van der Waals surface area contributed by atoms with Gasteiger partial charge in [0.15, 0.2) is 6.61 Å². The van der Waals surface area contributed by atoms with Crippen molar-refractivity contribution in [3.63, 3.8) is 0 Å². The summed E-state index contributed by atoms with van der Waals surface area (Å²) in [5, 5.41) is 0. The van der Waals surface area contributed by atoms with E-state index in [0.29, 0.717) is 29.2 Å². The number of esters is 1. The molecule has 2 aromatic heterocycles. The molecule has 0 aliphatic rings. The van der Waals surface area contributed by atoms with Gasteiger partial charge in [0.1, 0.15) is 17.3 Å². The van der Waals surface area contributed by atoms with E-state index in [4.69, 9.17) is 18.6 Å². The third kappa shape index (κ3) is 5.25. The Morgan fingerprint density at radius 2 is 1.90 bits per heavy atom. The normalized spacial score (nSPS) is 11.0. The molecule has 0 saturated heterocycles. The molecule has 0 N–H and O–H groups in total. The summed E-state index contributed by atoms with van der Waals surface area (Å²) >= 11 is 0. The Kier molecular flexibility index (Phi) is 6.97. The number of furan rings is 1. The molecular weight excluding hydrogens is 398 g/mol. The highest BCUT2D eigenvalue weighted by molar-refractivity contribution is 6.00. The van der Waals surface area contributed by atoms with Crippen molar-refractivity contribution in [1.82, 2.24) is 4.57 Å². The molecule has 3 rings (SSSR count). The van der Waals surface area contributed by atoms with Crippen LogP contribution in [-0.4, -0.2) is 37.1 Å². The standard InChI is InChI=1S/C24H25NO6/c1-16-12-21(17(2)25(16)14-20-6-5-11-30-20)22(26)15-31-24(27)10-8-18-7-9-19(28-3)13-23(18)29-4/h5-13H,14-15H2,1-4H3/b10-8+. The number of nitrogens with zero attached hydrogens (tertiary/aromatic N) is 1. The summed E-state index contributed by atoms with van der Waals surface area (Å²) in [5.74, 6) is 1.12. The fraction of sp³-hybridized carbons (Fsp3) is 0.250.